The molecule has 2 aromatic rings. The third kappa shape index (κ3) is 0.990. The van der Waals surface area contributed by atoms with Crippen molar-refractivity contribution in [3.8, 4) is 0 Å². The fraction of sp³-hybridized carbons (Fsp3) is 0.286. The lowest BCUT2D eigenvalue weighted by atomic mass is 10.7. The second-order valence-corrected chi connectivity index (χ2v) is 2.69. The molecule has 0 aromatic carbocycles. The van der Waals surface area contributed by atoms with Crippen molar-refractivity contribution in [1.29, 1.82) is 0 Å². The predicted molar refractivity (Wildman–Crippen MR) is 45.1 cm³/mol. The Morgan fingerprint density at radius 2 is 2.25 bits per heavy atom. The van der Waals surface area contributed by atoms with Gasteiger partial charge in [-0.15, -0.1) is 5.10 Å². The van der Waals surface area contributed by atoms with Gasteiger partial charge in [0.2, 0.25) is 5.95 Å². The number of nitrogens with zero attached hydrogens (tertiary/aromatic N) is 5. The van der Waals surface area contributed by atoms with Crippen LogP contribution in [0.15, 0.2) is 18.6 Å². The Kier molecular flexibility index (Phi) is 1.43. The summed E-state index contributed by atoms with van der Waals surface area (Å²) in [7, 11) is 3.81. The molecule has 0 bridgehead atoms. The molecule has 0 amide bonds. The number of aromatic nitrogens is 4. The van der Waals surface area contributed by atoms with Gasteiger partial charge in [0.05, 0.1) is 6.20 Å². The van der Waals surface area contributed by atoms with Crippen molar-refractivity contribution < 1.29 is 0 Å². The number of anilines is 1. The van der Waals surface area contributed by atoms with Crippen LogP contribution in [0.25, 0.3) is 5.65 Å². The predicted octanol–water partition coefficient (Wildman–Crippen LogP) is 0.190. The zero-order chi connectivity index (χ0) is 8.55. The van der Waals surface area contributed by atoms with Crippen molar-refractivity contribution in [2.24, 2.45) is 0 Å². The molecule has 0 aliphatic heterocycles. The first-order valence-electron chi connectivity index (χ1n) is 3.61. The molecule has 2 rings (SSSR count). The van der Waals surface area contributed by atoms with Gasteiger partial charge in [0.15, 0.2) is 5.65 Å². The molecule has 2 heterocycles. The highest BCUT2D eigenvalue weighted by Crippen LogP contribution is 2.04. The fourth-order valence-corrected chi connectivity index (χ4v) is 0.922. The summed E-state index contributed by atoms with van der Waals surface area (Å²) in [6.45, 7) is 0. The smallest absolute Gasteiger partial charge is 0.245 e. The van der Waals surface area contributed by atoms with Crippen molar-refractivity contribution in [3.05, 3.63) is 18.6 Å². The topological polar surface area (TPSA) is 46.3 Å². The highest BCUT2D eigenvalue weighted by molar-refractivity contribution is 5.41. The van der Waals surface area contributed by atoms with E-state index in [1.54, 1.807) is 23.1 Å². The quantitative estimate of drug-likeness (QED) is 0.602. The Bertz CT molecular complexity index is 358. The van der Waals surface area contributed by atoms with Gasteiger partial charge in [-0.3, -0.25) is 4.98 Å². The van der Waals surface area contributed by atoms with Gasteiger partial charge in [-0.05, 0) is 0 Å². The molecule has 0 aliphatic carbocycles. The average Bonchev–Trinajstić information content (AvgIpc) is 2.46. The van der Waals surface area contributed by atoms with E-state index < -0.39 is 0 Å². The van der Waals surface area contributed by atoms with Crippen LogP contribution >= 0.6 is 0 Å². The normalized spacial score (nSPS) is 10.5. The summed E-state index contributed by atoms with van der Waals surface area (Å²) in [6, 6.07) is 0. The lowest BCUT2D eigenvalue weighted by Gasteiger charge is -2.03. The maximum absolute atomic E-state index is 4.23. The Balaban J connectivity index is 2.62. The molecule has 5 nitrogen and oxygen atoms in total. The molecule has 0 atom stereocenters. The summed E-state index contributed by atoms with van der Waals surface area (Å²) in [6.07, 6.45) is 5.14. The number of hydrogen-bond acceptors (Lipinski definition) is 4. The van der Waals surface area contributed by atoms with Gasteiger partial charge in [-0.1, -0.05) is 0 Å². The first kappa shape index (κ1) is 7.02. The van der Waals surface area contributed by atoms with Crippen LogP contribution in [-0.4, -0.2) is 33.7 Å². The number of rotatable bonds is 1. The lowest BCUT2D eigenvalue weighted by Crippen LogP contribution is -2.10. The highest BCUT2D eigenvalue weighted by Gasteiger charge is 2.02. The summed E-state index contributed by atoms with van der Waals surface area (Å²) < 4.78 is 1.70. The van der Waals surface area contributed by atoms with E-state index in [2.05, 4.69) is 15.1 Å². The number of hydrogen-bond donors (Lipinski definition) is 0. The van der Waals surface area contributed by atoms with Gasteiger partial charge in [0.25, 0.3) is 0 Å². The molecule has 62 valence electrons. The van der Waals surface area contributed by atoms with Crippen LogP contribution in [0.1, 0.15) is 0 Å². The Hall–Kier alpha value is -1.65. The van der Waals surface area contributed by atoms with E-state index in [0.717, 1.165) is 5.65 Å². The third-order valence-electron chi connectivity index (χ3n) is 1.53. The summed E-state index contributed by atoms with van der Waals surface area (Å²) in [5.74, 6) is 0.697. The minimum atomic E-state index is 0.697. The van der Waals surface area contributed by atoms with Crippen LogP contribution in [0.4, 0.5) is 5.95 Å². The Morgan fingerprint density at radius 1 is 1.42 bits per heavy atom. The van der Waals surface area contributed by atoms with Gasteiger partial charge >= 0.3 is 0 Å². The van der Waals surface area contributed by atoms with Gasteiger partial charge < -0.3 is 4.90 Å². The fourth-order valence-electron chi connectivity index (χ4n) is 0.922. The average molecular weight is 163 g/mol. The van der Waals surface area contributed by atoms with Crippen LogP contribution in [-0.2, 0) is 0 Å². The largest absolute Gasteiger partial charge is 0.346 e. The van der Waals surface area contributed by atoms with Crippen LogP contribution < -0.4 is 4.90 Å². The molecule has 0 saturated heterocycles. The minimum Gasteiger partial charge on any atom is -0.346 e. The van der Waals surface area contributed by atoms with Crippen molar-refractivity contribution in [3.63, 3.8) is 0 Å². The van der Waals surface area contributed by atoms with E-state index in [0.29, 0.717) is 5.95 Å². The molecule has 0 unspecified atom stereocenters. The van der Waals surface area contributed by atoms with Gasteiger partial charge in [0, 0.05) is 26.5 Å². The Labute approximate surface area is 69.7 Å². The van der Waals surface area contributed by atoms with Crippen molar-refractivity contribution in [2.45, 2.75) is 0 Å². The second-order valence-electron chi connectivity index (χ2n) is 2.69. The molecular formula is C7H9N5. The first-order valence-corrected chi connectivity index (χ1v) is 3.61. The van der Waals surface area contributed by atoms with Crippen LogP contribution in [0.3, 0.4) is 0 Å². The van der Waals surface area contributed by atoms with Crippen LogP contribution in [0, 0.1) is 0 Å². The minimum absolute atomic E-state index is 0.697. The molecule has 0 radical (unpaired) electrons. The molecule has 0 saturated carbocycles. The monoisotopic (exact) mass is 163 g/mol. The van der Waals surface area contributed by atoms with E-state index in [4.69, 9.17) is 0 Å². The zero-order valence-electron chi connectivity index (χ0n) is 6.97. The van der Waals surface area contributed by atoms with Gasteiger partial charge in [-0.25, -0.2) is 4.52 Å². The van der Waals surface area contributed by atoms with E-state index in [-0.39, 0.29) is 0 Å². The standard InChI is InChI=1S/C7H9N5/c1-11(2)7-9-6-5-8-3-4-12(6)10-7/h3-5H,1-2H3. The third-order valence-corrected chi connectivity index (χ3v) is 1.53. The van der Waals surface area contributed by atoms with Crippen molar-refractivity contribution in [1.82, 2.24) is 19.6 Å². The maximum Gasteiger partial charge on any atom is 0.245 e. The molecule has 0 N–H and O–H groups in total. The lowest BCUT2D eigenvalue weighted by molar-refractivity contribution is 0.918. The van der Waals surface area contributed by atoms with Crippen molar-refractivity contribution in [2.75, 3.05) is 19.0 Å². The van der Waals surface area contributed by atoms with Gasteiger partial charge in [0.1, 0.15) is 0 Å². The second kappa shape index (κ2) is 2.44. The zero-order valence-corrected chi connectivity index (χ0v) is 6.97. The molecule has 0 fully saturated rings. The molecule has 5 heteroatoms. The maximum atomic E-state index is 4.23. The summed E-state index contributed by atoms with van der Waals surface area (Å²) in [5, 5.41) is 4.20. The molecular weight excluding hydrogens is 154 g/mol. The molecule has 12 heavy (non-hydrogen) atoms. The first-order chi connectivity index (χ1) is 5.77. The molecule has 2 aromatic heterocycles. The highest BCUT2D eigenvalue weighted by atomic mass is 15.4. The Morgan fingerprint density at radius 3 is 2.92 bits per heavy atom. The molecule has 0 aliphatic rings. The van der Waals surface area contributed by atoms with Crippen LogP contribution in [0.2, 0.25) is 0 Å². The SMILES string of the molecule is CN(C)c1nc2cnccn2n1. The van der Waals surface area contributed by atoms with E-state index >= 15 is 0 Å². The summed E-state index contributed by atoms with van der Waals surface area (Å²) in [4.78, 5) is 10.0. The van der Waals surface area contributed by atoms with Crippen LogP contribution in [0.5, 0.6) is 0 Å². The van der Waals surface area contributed by atoms with Crippen molar-refractivity contribution >= 4 is 11.6 Å². The summed E-state index contributed by atoms with van der Waals surface area (Å²) in [5.41, 5.74) is 0.765. The molecule has 0 spiro atoms. The van der Waals surface area contributed by atoms with E-state index in [9.17, 15) is 0 Å². The van der Waals surface area contributed by atoms with Gasteiger partial charge in [-0.2, -0.15) is 4.98 Å². The van der Waals surface area contributed by atoms with E-state index in [1.807, 2.05) is 19.0 Å². The summed E-state index contributed by atoms with van der Waals surface area (Å²) >= 11 is 0. The van der Waals surface area contributed by atoms with E-state index in [1.165, 1.54) is 0 Å². The number of fused-ring (bicyclic) bond motifs is 1.